The smallest absolute Gasteiger partial charge is 0.0621 e. The van der Waals surface area contributed by atoms with E-state index in [4.69, 9.17) is 14.7 Å². The fourth-order valence-corrected chi connectivity index (χ4v) is 1.97. The van der Waals surface area contributed by atoms with E-state index < -0.39 is 0 Å². The largest absolute Gasteiger partial charge is 0.381 e. The zero-order valence-corrected chi connectivity index (χ0v) is 10.1. The van der Waals surface area contributed by atoms with Crippen molar-refractivity contribution in [1.82, 2.24) is 0 Å². The molecule has 1 aliphatic heterocycles. The molecule has 0 bridgehead atoms. The average molecular weight is 225 g/mol. The van der Waals surface area contributed by atoms with E-state index in [2.05, 4.69) is 6.07 Å². The summed E-state index contributed by atoms with van der Waals surface area (Å²) in [7, 11) is 0. The molecule has 0 radical (unpaired) electrons. The minimum Gasteiger partial charge on any atom is -0.381 e. The maximum atomic E-state index is 8.35. The summed E-state index contributed by atoms with van der Waals surface area (Å²) in [4.78, 5) is 0. The highest BCUT2D eigenvalue weighted by atomic mass is 16.5. The Labute approximate surface area is 98.7 Å². The molecule has 1 rings (SSSR count). The van der Waals surface area contributed by atoms with Gasteiger partial charge in [-0.05, 0) is 38.5 Å². The number of hydrogen-bond acceptors (Lipinski definition) is 3. The Morgan fingerprint density at radius 1 is 1.19 bits per heavy atom. The highest BCUT2D eigenvalue weighted by molar-refractivity contribution is 4.67. The van der Waals surface area contributed by atoms with Crippen LogP contribution in [-0.2, 0) is 9.47 Å². The molecule has 1 heterocycles. The van der Waals surface area contributed by atoms with Crippen molar-refractivity contribution in [2.24, 2.45) is 0 Å². The van der Waals surface area contributed by atoms with Gasteiger partial charge in [0.05, 0.1) is 12.2 Å². The van der Waals surface area contributed by atoms with Gasteiger partial charge < -0.3 is 9.47 Å². The Morgan fingerprint density at radius 3 is 2.81 bits per heavy atom. The minimum atomic E-state index is 0.499. The van der Waals surface area contributed by atoms with Crippen LogP contribution in [-0.4, -0.2) is 25.9 Å². The van der Waals surface area contributed by atoms with Crippen LogP contribution in [0.3, 0.4) is 0 Å². The first-order chi connectivity index (χ1) is 7.93. The molecule has 0 aliphatic carbocycles. The van der Waals surface area contributed by atoms with Gasteiger partial charge in [-0.25, -0.2) is 0 Å². The Balaban J connectivity index is 1.73. The third kappa shape index (κ3) is 6.81. The van der Waals surface area contributed by atoms with E-state index in [1.165, 1.54) is 12.8 Å². The summed E-state index contributed by atoms with van der Waals surface area (Å²) in [5.41, 5.74) is 0. The zero-order chi connectivity index (χ0) is 11.5. The highest BCUT2D eigenvalue weighted by Gasteiger charge is 2.14. The number of rotatable bonds is 9. The predicted octanol–water partition coefficient (Wildman–Crippen LogP) is 3.05. The molecule has 0 aromatic heterocycles. The van der Waals surface area contributed by atoms with Gasteiger partial charge in [0.2, 0.25) is 0 Å². The van der Waals surface area contributed by atoms with Crippen LogP contribution in [0.2, 0.25) is 0 Å². The van der Waals surface area contributed by atoms with Crippen LogP contribution in [0.5, 0.6) is 0 Å². The van der Waals surface area contributed by atoms with Crippen molar-refractivity contribution < 1.29 is 9.47 Å². The standard InChI is InChI=1S/C13H23NO2/c14-9-3-1-2-4-10-15-11-5-7-13-8-6-12-16-13/h13H,1-8,10-12H2. The molecule has 0 aromatic carbocycles. The van der Waals surface area contributed by atoms with Gasteiger partial charge in [0, 0.05) is 26.2 Å². The molecule has 92 valence electrons. The first kappa shape index (κ1) is 13.5. The van der Waals surface area contributed by atoms with E-state index in [9.17, 15) is 0 Å². The van der Waals surface area contributed by atoms with E-state index in [1.54, 1.807) is 0 Å². The molecule has 0 spiro atoms. The summed E-state index contributed by atoms with van der Waals surface area (Å²) in [5.74, 6) is 0. The van der Waals surface area contributed by atoms with Crippen LogP contribution < -0.4 is 0 Å². The first-order valence-corrected chi connectivity index (χ1v) is 6.50. The van der Waals surface area contributed by atoms with Gasteiger partial charge in [-0.3, -0.25) is 0 Å². The molecule has 1 aliphatic rings. The van der Waals surface area contributed by atoms with E-state index in [1.807, 2.05) is 0 Å². The molecule has 0 saturated carbocycles. The fourth-order valence-electron chi connectivity index (χ4n) is 1.97. The van der Waals surface area contributed by atoms with Crippen molar-refractivity contribution in [3.05, 3.63) is 0 Å². The van der Waals surface area contributed by atoms with Crippen LogP contribution >= 0.6 is 0 Å². The molecule has 0 aromatic rings. The molecule has 1 atom stereocenters. The molecule has 1 unspecified atom stereocenters. The summed E-state index contributed by atoms with van der Waals surface area (Å²) in [5, 5.41) is 8.35. The van der Waals surface area contributed by atoms with Crippen molar-refractivity contribution in [3.8, 4) is 6.07 Å². The maximum Gasteiger partial charge on any atom is 0.0621 e. The van der Waals surface area contributed by atoms with Gasteiger partial charge in [0.15, 0.2) is 0 Å². The summed E-state index contributed by atoms with van der Waals surface area (Å²) >= 11 is 0. The third-order valence-electron chi connectivity index (χ3n) is 2.92. The maximum absolute atomic E-state index is 8.35. The number of unbranched alkanes of at least 4 members (excludes halogenated alkanes) is 3. The molecule has 1 saturated heterocycles. The lowest BCUT2D eigenvalue weighted by atomic mass is 10.1. The lowest BCUT2D eigenvalue weighted by molar-refractivity contribution is 0.0809. The van der Waals surface area contributed by atoms with Crippen LogP contribution in [0.1, 0.15) is 51.4 Å². The van der Waals surface area contributed by atoms with Crippen molar-refractivity contribution in [2.75, 3.05) is 19.8 Å². The molecule has 3 nitrogen and oxygen atoms in total. The molecular weight excluding hydrogens is 202 g/mol. The Hall–Kier alpha value is -0.590. The van der Waals surface area contributed by atoms with Gasteiger partial charge in [-0.15, -0.1) is 0 Å². The van der Waals surface area contributed by atoms with Crippen molar-refractivity contribution in [3.63, 3.8) is 0 Å². The number of nitrogens with zero attached hydrogens (tertiary/aromatic N) is 1. The SMILES string of the molecule is N#CCCCCCOCCCC1CCCO1. The lowest BCUT2D eigenvalue weighted by Crippen LogP contribution is -2.06. The molecular formula is C13H23NO2. The number of nitriles is 1. The Bertz CT molecular complexity index is 195. The van der Waals surface area contributed by atoms with Gasteiger partial charge in [0.1, 0.15) is 0 Å². The predicted molar refractivity (Wildman–Crippen MR) is 63.1 cm³/mol. The second-order valence-electron chi connectivity index (χ2n) is 4.36. The van der Waals surface area contributed by atoms with Gasteiger partial charge >= 0.3 is 0 Å². The molecule has 3 heteroatoms. The van der Waals surface area contributed by atoms with Gasteiger partial charge in [0.25, 0.3) is 0 Å². The zero-order valence-electron chi connectivity index (χ0n) is 10.1. The van der Waals surface area contributed by atoms with E-state index in [0.29, 0.717) is 12.5 Å². The third-order valence-corrected chi connectivity index (χ3v) is 2.92. The second kappa shape index (κ2) is 9.62. The minimum absolute atomic E-state index is 0.499. The second-order valence-corrected chi connectivity index (χ2v) is 4.36. The van der Waals surface area contributed by atoms with E-state index >= 15 is 0 Å². The summed E-state index contributed by atoms with van der Waals surface area (Å²) < 4.78 is 11.1. The lowest BCUT2D eigenvalue weighted by Gasteiger charge is -2.08. The van der Waals surface area contributed by atoms with E-state index in [-0.39, 0.29) is 0 Å². The van der Waals surface area contributed by atoms with Crippen molar-refractivity contribution >= 4 is 0 Å². The number of ether oxygens (including phenoxy) is 2. The molecule has 16 heavy (non-hydrogen) atoms. The molecule has 0 N–H and O–H groups in total. The summed E-state index contributed by atoms with van der Waals surface area (Å²) in [6, 6.07) is 2.16. The topological polar surface area (TPSA) is 42.2 Å². The van der Waals surface area contributed by atoms with E-state index in [0.717, 1.165) is 51.9 Å². The highest BCUT2D eigenvalue weighted by Crippen LogP contribution is 2.16. The molecule has 0 amide bonds. The van der Waals surface area contributed by atoms with Gasteiger partial charge in [-0.2, -0.15) is 5.26 Å². The Morgan fingerprint density at radius 2 is 2.06 bits per heavy atom. The Kier molecular flexibility index (Phi) is 8.10. The first-order valence-electron chi connectivity index (χ1n) is 6.50. The normalized spacial score (nSPS) is 19.8. The summed E-state index contributed by atoms with van der Waals surface area (Å²) in [6.45, 7) is 2.65. The molecule has 1 fully saturated rings. The fraction of sp³-hybridized carbons (Fsp3) is 0.923. The number of hydrogen-bond donors (Lipinski definition) is 0. The van der Waals surface area contributed by atoms with Crippen LogP contribution in [0.4, 0.5) is 0 Å². The van der Waals surface area contributed by atoms with Gasteiger partial charge in [-0.1, -0.05) is 6.42 Å². The van der Waals surface area contributed by atoms with Crippen LogP contribution in [0.15, 0.2) is 0 Å². The van der Waals surface area contributed by atoms with Crippen molar-refractivity contribution in [1.29, 1.82) is 5.26 Å². The van der Waals surface area contributed by atoms with Crippen molar-refractivity contribution in [2.45, 2.75) is 57.5 Å². The monoisotopic (exact) mass is 225 g/mol. The van der Waals surface area contributed by atoms with Crippen LogP contribution in [0.25, 0.3) is 0 Å². The summed E-state index contributed by atoms with van der Waals surface area (Å²) in [6.07, 6.45) is 9.10. The van der Waals surface area contributed by atoms with Crippen LogP contribution in [0, 0.1) is 11.3 Å². The quantitative estimate of drug-likeness (QED) is 0.566. The average Bonchev–Trinajstić information content (AvgIpc) is 2.80.